The third kappa shape index (κ3) is 4.25. The molecule has 0 spiro atoms. The number of rotatable bonds is 7. The fraction of sp³-hybridized carbons (Fsp3) is 0.400. The lowest BCUT2D eigenvalue weighted by Crippen LogP contribution is -2.12. The molecule has 4 rings (SSSR count). The highest BCUT2D eigenvalue weighted by atomic mass is 32.2. The Morgan fingerprint density at radius 3 is 3.00 bits per heavy atom. The second-order valence-electron chi connectivity index (χ2n) is 6.70. The predicted molar refractivity (Wildman–Crippen MR) is 119 cm³/mol. The maximum Gasteiger partial charge on any atom is 0.225 e. The minimum atomic E-state index is -0.0614. The lowest BCUT2D eigenvalue weighted by molar-refractivity contribution is -0.115. The molecule has 6 nitrogen and oxygen atoms in total. The first-order valence-corrected chi connectivity index (χ1v) is 12.3. The van der Waals surface area contributed by atoms with Crippen molar-refractivity contribution in [3.05, 3.63) is 33.5 Å². The number of carbonyl (C=O) groups excluding carboxylic acids is 1. The van der Waals surface area contributed by atoms with E-state index in [9.17, 15) is 10.1 Å². The zero-order valence-corrected chi connectivity index (χ0v) is 18.6. The van der Waals surface area contributed by atoms with E-state index in [0.717, 1.165) is 53.6 Å². The number of hydrogen-bond acceptors (Lipinski definition) is 7. The van der Waals surface area contributed by atoms with Gasteiger partial charge in [0.25, 0.3) is 0 Å². The van der Waals surface area contributed by atoms with Crippen LogP contribution >= 0.6 is 34.4 Å². The fourth-order valence-electron chi connectivity index (χ4n) is 3.46. The molecule has 0 saturated carbocycles. The molecule has 0 unspecified atom stereocenters. The zero-order chi connectivity index (χ0) is 20.2. The number of hydrogen-bond donors (Lipinski definition) is 1. The van der Waals surface area contributed by atoms with E-state index in [2.05, 4.69) is 33.1 Å². The van der Waals surface area contributed by atoms with Crippen LogP contribution in [0.1, 0.15) is 42.2 Å². The lowest BCUT2D eigenvalue weighted by Gasteiger charge is -2.09. The summed E-state index contributed by atoms with van der Waals surface area (Å²) in [5.41, 5.74) is 1.81. The zero-order valence-electron chi connectivity index (χ0n) is 16.1. The smallest absolute Gasteiger partial charge is 0.225 e. The first-order chi connectivity index (χ1) is 14.2. The van der Waals surface area contributed by atoms with Crippen molar-refractivity contribution in [3.63, 3.8) is 0 Å². The van der Waals surface area contributed by atoms with Crippen molar-refractivity contribution in [2.75, 3.05) is 11.1 Å². The largest absolute Gasteiger partial charge is 0.317 e. The highest BCUT2D eigenvalue weighted by Crippen LogP contribution is 2.37. The van der Waals surface area contributed by atoms with Crippen LogP contribution < -0.4 is 5.32 Å². The van der Waals surface area contributed by atoms with Gasteiger partial charge in [0.2, 0.25) is 5.91 Å². The minimum Gasteiger partial charge on any atom is -0.317 e. The molecular weight excluding hydrogens is 422 g/mol. The van der Waals surface area contributed by atoms with Gasteiger partial charge in [-0.25, -0.2) is 0 Å². The van der Waals surface area contributed by atoms with Gasteiger partial charge in [-0.1, -0.05) is 17.8 Å². The topological polar surface area (TPSA) is 83.6 Å². The Morgan fingerprint density at radius 2 is 2.24 bits per heavy atom. The van der Waals surface area contributed by atoms with E-state index in [-0.39, 0.29) is 5.91 Å². The number of nitrogens with one attached hydrogen (secondary N) is 1. The number of nitrogens with zero attached hydrogens (tertiary/aromatic N) is 4. The van der Waals surface area contributed by atoms with E-state index >= 15 is 0 Å². The SMILES string of the molecule is CCn1c(SCCC(=O)Nc2sc3c(c2C#N)CCCC3)nnc1-c1cccs1. The van der Waals surface area contributed by atoms with E-state index in [0.29, 0.717) is 22.7 Å². The van der Waals surface area contributed by atoms with Crippen LogP contribution in [-0.2, 0) is 24.2 Å². The molecule has 3 aromatic heterocycles. The molecule has 0 radical (unpaired) electrons. The van der Waals surface area contributed by atoms with Crippen molar-refractivity contribution in [3.8, 4) is 16.8 Å². The van der Waals surface area contributed by atoms with Crippen LogP contribution in [0.3, 0.4) is 0 Å². The second-order valence-corrected chi connectivity index (χ2v) is 9.82. The maximum atomic E-state index is 12.5. The molecule has 1 aliphatic carbocycles. The Labute approximate surface area is 182 Å². The Kier molecular flexibility index (Phi) is 6.33. The van der Waals surface area contributed by atoms with Gasteiger partial charge in [0.1, 0.15) is 11.1 Å². The molecule has 0 saturated heterocycles. The Morgan fingerprint density at radius 1 is 1.38 bits per heavy atom. The van der Waals surface area contributed by atoms with Crippen LogP contribution in [0.15, 0.2) is 22.7 Å². The number of aryl methyl sites for hydroxylation is 1. The number of thioether (sulfide) groups is 1. The summed E-state index contributed by atoms with van der Waals surface area (Å²) in [5.74, 6) is 1.42. The molecule has 0 aromatic carbocycles. The van der Waals surface area contributed by atoms with Gasteiger partial charge < -0.3 is 9.88 Å². The van der Waals surface area contributed by atoms with Gasteiger partial charge in [0.05, 0.1) is 10.4 Å². The summed E-state index contributed by atoms with van der Waals surface area (Å²) in [6, 6.07) is 6.33. The number of anilines is 1. The molecule has 9 heteroatoms. The van der Waals surface area contributed by atoms with Crippen LogP contribution in [0, 0.1) is 11.3 Å². The molecule has 1 N–H and O–H groups in total. The number of nitriles is 1. The quantitative estimate of drug-likeness (QED) is 0.522. The van der Waals surface area contributed by atoms with Gasteiger partial charge in [0.15, 0.2) is 11.0 Å². The molecule has 0 fully saturated rings. The van der Waals surface area contributed by atoms with Crippen LogP contribution in [0.4, 0.5) is 5.00 Å². The Balaban J connectivity index is 1.37. The van der Waals surface area contributed by atoms with Crippen molar-refractivity contribution in [1.82, 2.24) is 14.8 Å². The van der Waals surface area contributed by atoms with Crippen LogP contribution in [-0.4, -0.2) is 26.4 Å². The van der Waals surface area contributed by atoms with Crippen LogP contribution in [0.2, 0.25) is 0 Å². The highest BCUT2D eigenvalue weighted by molar-refractivity contribution is 7.99. The number of carbonyl (C=O) groups is 1. The molecule has 0 bridgehead atoms. The summed E-state index contributed by atoms with van der Waals surface area (Å²) >= 11 is 4.75. The molecule has 1 amide bonds. The third-order valence-corrected chi connectivity index (χ3v) is 7.91. The first kappa shape index (κ1) is 20.1. The minimum absolute atomic E-state index is 0.0614. The van der Waals surface area contributed by atoms with Crippen LogP contribution in [0.25, 0.3) is 10.7 Å². The number of aromatic nitrogens is 3. The predicted octanol–water partition coefficient (Wildman–Crippen LogP) is 4.96. The van der Waals surface area contributed by atoms with Gasteiger partial charge in [0, 0.05) is 23.6 Å². The molecule has 0 aliphatic heterocycles. The summed E-state index contributed by atoms with van der Waals surface area (Å²) in [6.07, 6.45) is 4.60. The van der Waals surface area contributed by atoms with Crippen molar-refractivity contribution >= 4 is 45.3 Å². The average molecular weight is 444 g/mol. The average Bonchev–Trinajstić information content (AvgIpc) is 3.45. The van der Waals surface area contributed by atoms with E-state index in [1.807, 2.05) is 17.5 Å². The van der Waals surface area contributed by atoms with Crippen molar-refractivity contribution in [2.24, 2.45) is 0 Å². The molecule has 3 aromatic rings. The Hall–Kier alpha value is -2.15. The number of thiophene rings is 2. The standard InChI is InChI=1S/C20H21N5OS3/c1-2-25-18(16-8-5-10-27-16)23-24-20(25)28-11-9-17(26)22-19-14(12-21)13-6-3-4-7-15(13)29-19/h5,8,10H,2-4,6-7,9,11H2,1H3,(H,22,26). The molecule has 29 heavy (non-hydrogen) atoms. The molecule has 3 heterocycles. The van der Waals surface area contributed by atoms with Crippen molar-refractivity contribution in [1.29, 1.82) is 5.26 Å². The Bertz CT molecular complexity index is 1050. The molecular formula is C20H21N5OS3. The summed E-state index contributed by atoms with van der Waals surface area (Å²) < 4.78 is 2.08. The normalized spacial score (nSPS) is 13.1. The van der Waals surface area contributed by atoms with E-state index in [1.165, 1.54) is 16.6 Å². The van der Waals surface area contributed by atoms with E-state index in [4.69, 9.17) is 0 Å². The molecule has 0 atom stereocenters. The first-order valence-electron chi connectivity index (χ1n) is 9.65. The van der Waals surface area contributed by atoms with Gasteiger partial charge in [-0.15, -0.1) is 32.9 Å². The highest BCUT2D eigenvalue weighted by Gasteiger charge is 2.22. The second kappa shape index (κ2) is 9.11. The summed E-state index contributed by atoms with van der Waals surface area (Å²) in [5, 5.41) is 24.7. The van der Waals surface area contributed by atoms with Crippen molar-refractivity contribution in [2.45, 2.75) is 50.7 Å². The lowest BCUT2D eigenvalue weighted by atomic mass is 9.96. The van der Waals surface area contributed by atoms with E-state index < -0.39 is 0 Å². The van der Waals surface area contributed by atoms with Gasteiger partial charge in [-0.3, -0.25) is 4.79 Å². The number of amides is 1. The summed E-state index contributed by atoms with van der Waals surface area (Å²) in [7, 11) is 0. The van der Waals surface area contributed by atoms with Gasteiger partial charge >= 0.3 is 0 Å². The summed E-state index contributed by atoms with van der Waals surface area (Å²) in [6.45, 7) is 2.85. The monoisotopic (exact) mass is 443 g/mol. The van der Waals surface area contributed by atoms with Gasteiger partial charge in [-0.2, -0.15) is 5.26 Å². The maximum absolute atomic E-state index is 12.5. The fourth-order valence-corrected chi connectivity index (χ4v) is 6.38. The van der Waals surface area contributed by atoms with E-state index in [1.54, 1.807) is 22.7 Å². The van der Waals surface area contributed by atoms with Crippen LogP contribution in [0.5, 0.6) is 0 Å². The molecule has 150 valence electrons. The molecule has 1 aliphatic rings. The number of fused-ring (bicyclic) bond motifs is 1. The van der Waals surface area contributed by atoms with Gasteiger partial charge in [-0.05, 0) is 49.6 Å². The third-order valence-electron chi connectivity index (χ3n) is 4.87. The summed E-state index contributed by atoms with van der Waals surface area (Å²) in [4.78, 5) is 14.8. The van der Waals surface area contributed by atoms with Crippen molar-refractivity contribution < 1.29 is 4.79 Å².